The van der Waals surface area contributed by atoms with Crippen LogP contribution in [0.1, 0.15) is 41.5 Å². The minimum absolute atomic E-state index is 0.213. The highest BCUT2D eigenvalue weighted by Gasteiger charge is 2.45. The number of rotatable bonds is 13. The lowest BCUT2D eigenvalue weighted by atomic mass is 9.99. The lowest BCUT2D eigenvalue weighted by Gasteiger charge is -2.38. The number of amides is 2. The Hall–Kier alpha value is -2.22. The third-order valence-corrected chi connectivity index (χ3v) is 9.08. The van der Waals surface area contributed by atoms with Crippen LogP contribution in [0.4, 0.5) is 9.59 Å². The molecule has 20 nitrogen and oxygen atoms in total. The molecule has 22 heteroatoms. The van der Waals surface area contributed by atoms with Crippen molar-refractivity contribution < 1.29 is 88.5 Å². The molecule has 10 N–H and O–H groups in total. The monoisotopic (exact) mass is 764 g/mol. The highest BCUT2D eigenvalue weighted by Crippen LogP contribution is 2.26. The number of nitrogens with one attached hydrogen (secondary N) is 2. The highest BCUT2D eigenvalue weighted by atomic mass is 33.1. The Morgan fingerprint density at radius 3 is 1.20 bits per heavy atom. The maximum atomic E-state index is 13.0. The van der Waals surface area contributed by atoms with Crippen LogP contribution in [0.25, 0.3) is 0 Å². The van der Waals surface area contributed by atoms with E-state index in [1.165, 1.54) is 0 Å². The van der Waals surface area contributed by atoms with Gasteiger partial charge in [-0.1, -0.05) is 21.6 Å². The van der Waals surface area contributed by atoms with Crippen LogP contribution in [0.15, 0.2) is 0 Å². The number of aliphatic hydroxyl groups is 8. The molecule has 0 unspecified atom stereocenters. The fourth-order valence-electron chi connectivity index (χ4n) is 4.14. The van der Waals surface area contributed by atoms with E-state index < -0.39 is 122 Å². The second-order valence-electron chi connectivity index (χ2n) is 13.3. The summed E-state index contributed by atoms with van der Waals surface area (Å²) in [4.78, 5) is 51.0. The minimum atomic E-state index is -1.87. The predicted octanol–water partition coefficient (Wildman–Crippen LogP) is -3.16. The van der Waals surface area contributed by atoms with Gasteiger partial charge in [0.25, 0.3) is 0 Å². The van der Waals surface area contributed by atoms with Crippen molar-refractivity contribution in [3.63, 3.8) is 0 Å². The molecule has 2 fully saturated rings. The van der Waals surface area contributed by atoms with E-state index in [0.717, 1.165) is 21.6 Å². The number of carbonyl (C=O) groups is 4. The van der Waals surface area contributed by atoms with E-state index >= 15 is 0 Å². The molecule has 2 aliphatic rings. The van der Waals surface area contributed by atoms with Crippen LogP contribution in [0.3, 0.4) is 0 Å². The maximum absolute atomic E-state index is 13.0. The lowest BCUT2D eigenvalue weighted by Crippen LogP contribution is -2.59. The van der Waals surface area contributed by atoms with Crippen molar-refractivity contribution >= 4 is 45.7 Å². The second kappa shape index (κ2) is 19.0. The molecule has 0 aromatic rings. The average molecular weight is 765 g/mol. The van der Waals surface area contributed by atoms with Gasteiger partial charge in [0.1, 0.15) is 85.3 Å². The van der Waals surface area contributed by atoms with Crippen molar-refractivity contribution in [3.05, 3.63) is 0 Å². The molecule has 2 rings (SSSR count). The molecule has 2 saturated heterocycles. The summed E-state index contributed by atoms with van der Waals surface area (Å²) < 4.78 is 30.7. The van der Waals surface area contributed by atoms with Gasteiger partial charge in [0.2, 0.25) is 0 Å². The zero-order valence-corrected chi connectivity index (χ0v) is 29.9. The van der Waals surface area contributed by atoms with Gasteiger partial charge in [-0.3, -0.25) is 0 Å². The summed E-state index contributed by atoms with van der Waals surface area (Å²) in [6, 6.07) is -2.79. The van der Waals surface area contributed by atoms with Crippen molar-refractivity contribution in [2.45, 2.75) is 126 Å². The van der Waals surface area contributed by atoms with Gasteiger partial charge in [-0.2, -0.15) is 0 Å². The molecule has 0 radical (unpaired) electrons. The van der Waals surface area contributed by atoms with Gasteiger partial charge in [0, 0.05) is 11.5 Å². The normalized spacial score (nSPS) is 31.5. The van der Waals surface area contributed by atoms with Crippen molar-refractivity contribution in [3.8, 4) is 0 Å². The third kappa shape index (κ3) is 14.1. The molecule has 0 saturated carbocycles. The smallest absolute Gasteiger partial charge is 0.408 e. The zero-order valence-electron chi connectivity index (χ0n) is 28.2. The van der Waals surface area contributed by atoms with Crippen LogP contribution >= 0.6 is 21.6 Å². The number of alkyl carbamates (subject to hydrolysis) is 2. The first-order chi connectivity index (χ1) is 23.0. The summed E-state index contributed by atoms with van der Waals surface area (Å²) in [5.74, 6) is -2.51. The minimum Gasteiger partial charge on any atom is -0.461 e. The van der Waals surface area contributed by atoms with E-state index in [2.05, 4.69) is 10.6 Å². The van der Waals surface area contributed by atoms with Gasteiger partial charge < -0.3 is 79.9 Å². The average Bonchev–Trinajstić information content (AvgIpc) is 2.99. The molecule has 2 heterocycles. The Morgan fingerprint density at radius 1 is 0.580 bits per heavy atom. The number of hydrogen-bond donors (Lipinski definition) is 10. The first-order valence-electron chi connectivity index (χ1n) is 15.3. The summed E-state index contributed by atoms with van der Waals surface area (Å²) in [7, 11) is 1.88. The molecule has 12 atom stereocenters. The van der Waals surface area contributed by atoms with Crippen LogP contribution in [0, 0.1) is 0 Å². The van der Waals surface area contributed by atoms with Gasteiger partial charge in [-0.05, 0) is 41.5 Å². The fraction of sp³-hybridized carbons (Fsp3) is 0.857. The van der Waals surface area contributed by atoms with Crippen LogP contribution in [-0.2, 0) is 38.0 Å². The Kier molecular flexibility index (Phi) is 16.7. The van der Waals surface area contributed by atoms with Gasteiger partial charge in [0.15, 0.2) is 12.6 Å². The Balaban J connectivity index is 2.08. The van der Waals surface area contributed by atoms with E-state index in [9.17, 15) is 60.0 Å². The SMILES string of the molecule is CC(C)(C)OC(=O)N[C@H](CSSC[C@@H](NC(=O)OC(C)(C)C)C(=O)OC[C@@H]1O[C@H](O)[C@@H](O)[C@H](O)[C@H]1O)C(=O)OC[C@@H]1O[C@H](O)[C@H](O)[C@H](O)[C@H]1O. The molecule has 0 bridgehead atoms. The quantitative estimate of drug-likeness (QED) is 0.0383. The number of esters is 2. The van der Waals surface area contributed by atoms with Gasteiger partial charge in [-0.15, -0.1) is 0 Å². The van der Waals surface area contributed by atoms with Crippen LogP contribution < -0.4 is 10.6 Å². The van der Waals surface area contributed by atoms with E-state index in [1.807, 2.05) is 0 Å². The molecule has 0 aromatic carbocycles. The zero-order chi connectivity index (χ0) is 38.1. The largest absolute Gasteiger partial charge is 0.461 e. The first-order valence-corrected chi connectivity index (χ1v) is 17.8. The summed E-state index contributed by atoms with van der Waals surface area (Å²) in [5, 5.41) is 83.5. The van der Waals surface area contributed by atoms with Gasteiger partial charge >= 0.3 is 24.1 Å². The van der Waals surface area contributed by atoms with E-state index in [4.69, 9.17) is 28.4 Å². The summed E-state index contributed by atoms with van der Waals surface area (Å²) in [6.07, 6.45) is -19.3. The maximum Gasteiger partial charge on any atom is 0.408 e. The van der Waals surface area contributed by atoms with Crippen molar-refractivity contribution in [2.24, 2.45) is 0 Å². The molecule has 0 aromatic heterocycles. The lowest BCUT2D eigenvalue weighted by molar-refractivity contribution is -0.287. The van der Waals surface area contributed by atoms with Crippen molar-refractivity contribution in [2.75, 3.05) is 24.7 Å². The Morgan fingerprint density at radius 2 is 0.900 bits per heavy atom. The third-order valence-electron chi connectivity index (χ3n) is 6.66. The van der Waals surface area contributed by atoms with E-state index in [1.54, 1.807) is 41.5 Å². The molecule has 0 spiro atoms. The van der Waals surface area contributed by atoms with Gasteiger partial charge in [-0.25, -0.2) is 19.2 Å². The standard InChI is InChI=1S/C28H48N2O18S2/c1-27(2,3)47-25(41)29-11(21(37)43-7-13-15(31)17(33)19(35)23(39)45-13)9-49-50-10-12(30-26(42)48-28(4,5)6)22(38)44-8-14-16(32)18(34)20(36)24(40)46-14/h11-20,23-24,31-36,39-40H,7-10H2,1-6H3,(H,29,41)(H,30,42)/t11-,12-,13+,14+,15+,16+,17-,18-,19-,20+,23+,24+/m1/s1. The van der Waals surface area contributed by atoms with Crippen LogP contribution in [0.5, 0.6) is 0 Å². The number of carbonyl (C=O) groups excluding carboxylic acids is 4. The van der Waals surface area contributed by atoms with Gasteiger partial charge in [0.05, 0.1) is 0 Å². The molecule has 2 aliphatic heterocycles. The van der Waals surface area contributed by atoms with Crippen molar-refractivity contribution in [1.29, 1.82) is 0 Å². The van der Waals surface area contributed by atoms with Crippen LogP contribution in [0.2, 0.25) is 0 Å². The molecule has 290 valence electrons. The topological polar surface area (TPSA) is 310 Å². The Labute approximate surface area is 295 Å². The van der Waals surface area contributed by atoms with Crippen LogP contribution in [-0.4, -0.2) is 174 Å². The predicted molar refractivity (Wildman–Crippen MR) is 171 cm³/mol. The molecule has 0 aliphatic carbocycles. The fourth-order valence-corrected chi connectivity index (χ4v) is 6.43. The van der Waals surface area contributed by atoms with E-state index in [-0.39, 0.29) is 11.5 Å². The number of aliphatic hydroxyl groups excluding tert-OH is 8. The van der Waals surface area contributed by atoms with Crippen molar-refractivity contribution in [1.82, 2.24) is 10.6 Å². The van der Waals surface area contributed by atoms with E-state index in [0.29, 0.717) is 0 Å². The molecule has 2 amide bonds. The first kappa shape index (κ1) is 43.9. The number of ether oxygens (including phenoxy) is 6. The number of hydrogen-bond acceptors (Lipinski definition) is 20. The Bertz CT molecular complexity index is 1050. The highest BCUT2D eigenvalue weighted by molar-refractivity contribution is 8.76. The summed E-state index contributed by atoms with van der Waals surface area (Å²) >= 11 is 0. The summed E-state index contributed by atoms with van der Waals surface area (Å²) in [5.41, 5.74) is -1.88. The molecular formula is C28H48N2O18S2. The molecular weight excluding hydrogens is 716 g/mol. The second-order valence-corrected chi connectivity index (χ2v) is 15.9. The molecule has 50 heavy (non-hydrogen) atoms. The summed E-state index contributed by atoms with van der Waals surface area (Å²) in [6.45, 7) is 8.14.